The fraction of sp³-hybridized carbons (Fsp3) is 0.133. The van der Waals surface area contributed by atoms with E-state index in [9.17, 15) is 4.79 Å². The highest BCUT2D eigenvalue weighted by Crippen LogP contribution is 2.07. The average molecular weight is 253 g/mol. The van der Waals surface area contributed by atoms with Gasteiger partial charge in [-0.3, -0.25) is 4.79 Å². The Morgan fingerprint density at radius 2 is 1.42 bits per heavy atom. The summed E-state index contributed by atoms with van der Waals surface area (Å²) in [7, 11) is 0. The Hall–Kier alpha value is -2.07. The van der Waals surface area contributed by atoms with Crippen LogP contribution in [0.3, 0.4) is 0 Å². The van der Waals surface area contributed by atoms with Crippen LogP contribution in [0.25, 0.3) is 0 Å². The van der Waals surface area contributed by atoms with Gasteiger partial charge in [-0.05, 0) is 6.92 Å². The Bertz CT molecular complexity index is 546. The Morgan fingerprint density at radius 1 is 0.947 bits per heavy atom. The first kappa shape index (κ1) is 12.0. The van der Waals surface area contributed by atoms with Crippen LogP contribution < -0.4 is 16.2 Å². The summed E-state index contributed by atoms with van der Waals surface area (Å²) < 4.78 is 5.80. The molecule has 0 bridgehead atoms. The van der Waals surface area contributed by atoms with Crippen molar-refractivity contribution in [2.24, 2.45) is 0 Å². The van der Waals surface area contributed by atoms with Gasteiger partial charge in [0.15, 0.2) is 0 Å². The molecule has 3 rings (SSSR count). The first-order chi connectivity index (χ1) is 9.22. The van der Waals surface area contributed by atoms with Crippen molar-refractivity contribution in [1.29, 1.82) is 0 Å². The van der Waals surface area contributed by atoms with Crippen LogP contribution in [0.15, 0.2) is 60.7 Å². The van der Waals surface area contributed by atoms with Crippen LogP contribution in [0.1, 0.15) is 6.92 Å². The number of carbonyl (C=O) groups is 1. The van der Waals surface area contributed by atoms with Gasteiger partial charge in [0.05, 0.1) is 0 Å². The highest BCUT2D eigenvalue weighted by Gasteiger charge is 2.48. The molecule has 4 heteroatoms. The van der Waals surface area contributed by atoms with E-state index in [0.717, 1.165) is 10.9 Å². The molecule has 1 saturated heterocycles. The second-order valence-electron chi connectivity index (χ2n) is 5.09. The first-order valence-electron chi connectivity index (χ1n) is 6.58. The highest BCUT2D eigenvalue weighted by molar-refractivity contribution is 6.92. The molecule has 2 aromatic carbocycles. The van der Waals surface area contributed by atoms with Crippen molar-refractivity contribution in [3.8, 4) is 0 Å². The molecule has 19 heavy (non-hydrogen) atoms. The van der Waals surface area contributed by atoms with E-state index in [0.29, 0.717) is 0 Å². The largest absolute Gasteiger partial charge is 0.628 e. The van der Waals surface area contributed by atoms with E-state index < -0.39 is 6.48 Å². The molecule has 2 aromatic rings. The van der Waals surface area contributed by atoms with E-state index in [1.807, 2.05) is 72.8 Å². The lowest BCUT2D eigenvalue weighted by atomic mass is 9.42. The van der Waals surface area contributed by atoms with Crippen molar-refractivity contribution in [3.05, 3.63) is 60.7 Å². The third kappa shape index (κ3) is 1.94. The topological polar surface area (TPSA) is 42.9 Å². The second kappa shape index (κ2) is 4.55. The summed E-state index contributed by atoms with van der Waals surface area (Å²) in [4.78, 5) is 11.9. The summed E-state index contributed by atoms with van der Waals surface area (Å²) in [5.74, 6) is -0.146. The molecule has 1 atom stereocenters. The van der Waals surface area contributed by atoms with E-state index in [4.69, 9.17) is 4.65 Å². The molecule has 0 saturated carbocycles. The molecule has 0 aliphatic carbocycles. The molecule has 1 heterocycles. The zero-order valence-corrected chi connectivity index (χ0v) is 10.8. The van der Waals surface area contributed by atoms with Gasteiger partial charge in [-0.15, -0.1) is 0 Å². The van der Waals surface area contributed by atoms with E-state index in [2.05, 4.69) is 0 Å². The molecule has 1 aliphatic rings. The molecule has 0 aromatic heterocycles. The van der Waals surface area contributed by atoms with Gasteiger partial charge in [-0.1, -0.05) is 71.6 Å². The number of nitrogens with two attached hydrogens (primary N) is 1. The normalized spacial score (nSPS) is 21.1. The molecule has 96 valence electrons. The Morgan fingerprint density at radius 3 is 1.79 bits per heavy atom. The fourth-order valence-electron chi connectivity index (χ4n) is 2.84. The van der Waals surface area contributed by atoms with Crippen LogP contribution in [0, 0.1) is 0 Å². The molecule has 1 aliphatic heterocycles. The number of rotatable bonds is 2. The first-order valence-corrected chi connectivity index (χ1v) is 6.58. The summed E-state index contributed by atoms with van der Waals surface area (Å²) in [6, 6.07) is 19.8. The van der Waals surface area contributed by atoms with Crippen molar-refractivity contribution in [2.75, 3.05) is 0 Å². The van der Waals surface area contributed by atoms with Gasteiger partial charge in [-0.25, -0.2) is 0 Å². The molecule has 0 spiro atoms. The summed E-state index contributed by atoms with van der Waals surface area (Å²) in [6.45, 7) is 0.355. The van der Waals surface area contributed by atoms with Gasteiger partial charge in [0, 0.05) is 0 Å². The lowest BCUT2D eigenvalue weighted by molar-refractivity contribution is -0.544. The van der Waals surface area contributed by atoms with Crippen LogP contribution in [0.4, 0.5) is 0 Å². The summed E-state index contributed by atoms with van der Waals surface area (Å²) in [5.41, 5.74) is 2.10. The molecule has 0 radical (unpaired) electrons. The number of quaternary nitrogens is 1. The van der Waals surface area contributed by atoms with Gasteiger partial charge >= 0.3 is 12.5 Å². The Labute approximate surface area is 112 Å². The number of hydrogen-bond donors (Lipinski definition) is 1. The number of hydrogen-bond acceptors (Lipinski definition) is 2. The summed E-state index contributed by atoms with van der Waals surface area (Å²) in [5, 5.41) is 2.05. The lowest BCUT2D eigenvalue weighted by Gasteiger charge is -2.31. The quantitative estimate of drug-likeness (QED) is 0.750. The van der Waals surface area contributed by atoms with E-state index in [-0.39, 0.29) is 12.0 Å². The van der Waals surface area contributed by atoms with E-state index >= 15 is 0 Å². The zero-order chi connectivity index (χ0) is 13.3. The standard InChI is InChI=1S/C15H16BNO2/c1-12-15(18)19-16(17-12,13-8-4-2-5-9-13)14-10-6-3-7-11-14/h2-12H,17H2,1H3. The van der Waals surface area contributed by atoms with Gasteiger partial charge in [0.1, 0.15) is 6.04 Å². The smallest absolute Gasteiger partial charge is 0.441 e. The molecule has 3 nitrogen and oxygen atoms in total. The maximum atomic E-state index is 11.9. The Balaban J connectivity index is 2.15. The maximum absolute atomic E-state index is 11.9. The van der Waals surface area contributed by atoms with Crippen molar-refractivity contribution in [1.82, 2.24) is 0 Å². The minimum atomic E-state index is -1.53. The monoisotopic (exact) mass is 253 g/mol. The van der Waals surface area contributed by atoms with Crippen molar-refractivity contribution in [2.45, 2.75) is 13.0 Å². The molecule has 0 amide bonds. The molecule has 2 N–H and O–H groups in total. The second-order valence-corrected chi connectivity index (χ2v) is 5.09. The molecular weight excluding hydrogens is 237 g/mol. The van der Waals surface area contributed by atoms with Crippen LogP contribution in [-0.2, 0) is 9.45 Å². The van der Waals surface area contributed by atoms with Gasteiger partial charge in [0.2, 0.25) is 0 Å². The van der Waals surface area contributed by atoms with Crippen LogP contribution in [0.5, 0.6) is 0 Å². The maximum Gasteiger partial charge on any atom is 0.441 e. The van der Waals surface area contributed by atoms with Crippen LogP contribution in [0.2, 0.25) is 0 Å². The molecule has 1 unspecified atom stereocenters. The van der Waals surface area contributed by atoms with Crippen molar-refractivity contribution in [3.63, 3.8) is 0 Å². The van der Waals surface area contributed by atoms with Crippen molar-refractivity contribution < 1.29 is 14.7 Å². The zero-order valence-electron chi connectivity index (χ0n) is 10.8. The predicted molar refractivity (Wildman–Crippen MR) is 75.4 cm³/mol. The summed E-state index contributed by atoms with van der Waals surface area (Å²) >= 11 is 0. The predicted octanol–water partition coefficient (Wildman–Crippen LogP) is -0.248. The van der Waals surface area contributed by atoms with Gasteiger partial charge in [-0.2, -0.15) is 0 Å². The van der Waals surface area contributed by atoms with Gasteiger partial charge < -0.3 is 9.88 Å². The lowest BCUT2D eigenvalue weighted by Crippen LogP contribution is -3.07. The summed E-state index contributed by atoms with van der Waals surface area (Å²) in [6.07, 6.45) is 0. The van der Waals surface area contributed by atoms with Crippen LogP contribution >= 0.6 is 0 Å². The fourth-order valence-corrected chi connectivity index (χ4v) is 2.84. The number of benzene rings is 2. The molecular formula is C15H16BNO2. The van der Waals surface area contributed by atoms with Crippen molar-refractivity contribution >= 4 is 23.4 Å². The Kier molecular flexibility index (Phi) is 2.88. The van der Waals surface area contributed by atoms with E-state index in [1.54, 1.807) is 0 Å². The van der Waals surface area contributed by atoms with Crippen LogP contribution in [-0.4, -0.2) is 18.5 Å². The SMILES string of the molecule is CC1[NH2+][B-](c2ccccc2)(c2ccccc2)OC1=O. The average Bonchev–Trinajstić information content (AvgIpc) is 2.78. The number of carbonyl (C=O) groups excluding carboxylic acids is 1. The van der Waals surface area contributed by atoms with Gasteiger partial charge in [0.25, 0.3) is 0 Å². The third-order valence-electron chi connectivity index (χ3n) is 3.82. The minimum Gasteiger partial charge on any atom is -0.628 e. The van der Waals surface area contributed by atoms with E-state index in [1.165, 1.54) is 0 Å². The third-order valence-corrected chi connectivity index (χ3v) is 3.82. The highest BCUT2D eigenvalue weighted by atomic mass is 16.5. The minimum absolute atomic E-state index is 0.146. The molecule has 1 fully saturated rings.